The van der Waals surface area contributed by atoms with Crippen molar-refractivity contribution in [2.24, 2.45) is 0 Å². The van der Waals surface area contributed by atoms with Crippen LogP contribution in [0.25, 0.3) is 0 Å². The Balaban J connectivity index is 2.05. The van der Waals surface area contributed by atoms with Gasteiger partial charge >= 0.3 is 0 Å². The minimum absolute atomic E-state index is 0.590. The molecule has 0 aliphatic heterocycles. The molecule has 0 atom stereocenters. The predicted molar refractivity (Wildman–Crippen MR) is 62.7 cm³/mol. The van der Waals surface area contributed by atoms with Crippen molar-refractivity contribution in [1.29, 1.82) is 0 Å². The Morgan fingerprint density at radius 2 is 2.00 bits per heavy atom. The van der Waals surface area contributed by atoms with Crippen LogP contribution in [-0.4, -0.2) is 0 Å². The van der Waals surface area contributed by atoms with Crippen LogP contribution in [0.4, 0.5) is 14.5 Å². The number of nitrogens with one attached hydrogen (secondary N) is 1. The van der Waals surface area contributed by atoms with Gasteiger partial charge in [0.2, 0.25) is 0 Å². The maximum Gasteiger partial charge on any atom is 0.160 e. The molecule has 0 aliphatic carbocycles. The number of hydrogen-bond donors (Lipinski definition) is 1. The van der Waals surface area contributed by atoms with Gasteiger partial charge in [-0.15, -0.1) is 11.3 Å². The van der Waals surface area contributed by atoms with Crippen molar-refractivity contribution in [2.75, 3.05) is 5.32 Å². The first-order chi connectivity index (χ1) is 7.66. The van der Waals surface area contributed by atoms with Crippen LogP contribution in [0, 0.1) is 18.6 Å². The van der Waals surface area contributed by atoms with Crippen molar-refractivity contribution in [3.05, 3.63) is 51.7 Å². The van der Waals surface area contributed by atoms with E-state index in [1.165, 1.54) is 16.5 Å². The van der Waals surface area contributed by atoms with Gasteiger partial charge in [0, 0.05) is 23.2 Å². The van der Waals surface area contributed by atoms with Crippen LogP contribution < -0.4 is 5.32 Å². The van der Waals surface area contributed by atoms with E-state index in [4.69, 9.17) is 0 Å². The number of halogens is 2. The molecule has 1 N–H and O–H groups in total. The lowest BCUT2D eigenvalue weighted by molar-refractivity contribution is 0.509. The maximum atomic E-state index is 12.9. The molecule has 2 rings (SSSR count). The van der Waals surface area contributed by atoms with Crippen molar-refractivity contribution in [2.45, 2.75) is 13.5 Å². The molecule has 1 nitrogen and oxygen atoms in total. The topological polar surface area (TPSA) is 12.0 Å². The minimum atomic E-state index is -0.826. The molecular formula is C12H11F2NS. The van der Waals surface area contributed by atoms with Gasteiger partial charge in [-0.05, 0) is 36.1 Å². The van der Waals surface area contributed by atoms with Crippen molar-refractivity contribution < 1.29 is 8.78 Å². The summed E-state index contributed by atoms with van der Waals surface area (Å²) in [5.74, 6) is -1.65. The molecule has 0 amide bonds. The lowest BCUT2D eigenvalue weighted by atomic mass is 10.2. The molecular weight excluding hydrogens is 228 g/mol. The number of thiophene rings is 1. The summed E-state index contributed by atoms with van der Waals surface area (Å²) in [6, 6.07) is 5.85. The Bertz CT molecular complexity index is 494. The fourth-order valence-electron chi connectivity index (χ4n) is 1.37. The monoisotopic (exact) mass is 239 g/mol. The first kappa shape index (κ1) is 11.1. The summed E-state index contributed by atoms with van der Waals surface area (Å²) in [5, 5.41) is 5.07. The fraction of sp³-hybridized carbons (Fsp3) is 0.167. The van der Waals surface area contributed by atoms with Crippen LogP contribution in [0.2, 0.25) is 0 Å². The molecule has 16 heavy (non-hydrogen) atoms. The normalized spacial score (nSPS) is 10.4. The third kappa shape index (κ3) is 2.39. The van der Waals surface area contributed by atoms with Gasteiger partial charge in [0.05, 0.1) is 0 Å². The molecule has 0 aliphatic rings. The van der Waals surface area contributed by atoms with Crippen molar-refractivity contribution in [1.82, 2.24) is 0 Å². The zero-order chi connectivity index (χ0) is 11.5. The summed E-state index contributed by atoms with van der Waals surface area (Å²) in [4.78, 5) is 1.20. The summed E-state index contributed by atoms with van der Waals surface area (Å²) in [6.07, 6.45) is 0. The van der Waals surface area contributed by atoms with Gasteiger partial charge in [0.1, 0.15) is 0 Å². The van der Waals surface area contributed by atoms with Crippen molar-refractivity contribution >= 4 is 17.0 Å². The molecule has 0 saturated carbocycles. The van der Waals surface area contributed by atoms with E-state index in [0.29, 0.717) is 12.2 Å². The third-order valence-corrected chi connectivity index (χ3v) is 3.36. The molecule has 0 spiro atoms. The highest BCUT2D eigenvalue weighted by Crippen LogP contribution is 2.18. The fourth-order valence-corrected chi connectivity index (χ4v) is 2.22. The largest absolute Gasteiger partial charge is 0.380 e. The maximum absolute atomic E-state index is 12.9. The molecule has 1 aromatic carbocycles. The van der Waals surface area contributed by atoms with Gasteiger partial charge in [-0.25, -0.2) is 8.78 Å². The number of rotatable bonds is 3. The third-order valence-electron chi connectivity index (χ3n) is 2.34. The highest BCUT2D eigenvalue weighted by Gasteiger charge is 2.03. The molecule has 0 saturated heterocycles. The Morgan fingerprint density at radius 1 is 1.19 bits per heavy atom. The minimum Gasteiger partial charge on any atom is -0.380 e. The van der Waals surface area contributed by atoms with Crippen molar-refractivity contribution in [3.63, 3.8) is 0 Å². The molecule has 0 radical (unpaired) electrons. The lowest BCUT2D eigenvalue weighted by Crippen LogP contribution is -1.99. The molecule has 0 bridgehead atoms. The van der Waals surface area contributed by atoms with Crippen LogP contribution in [0.5, 0.6) is 0 Å². The van der Waals surface area contributed by atoms with E-state index in [1.807, 2.05) is 18.4 Å². The second kappa shape index (κ2) is 4.61. The van der Waals surface area contributed by atoms with E-state index < -0.39 is 11.6 Å². The van der Waals surface area contributed by atoms with Crippen LogP contribution >= 0.6 is 11.3 Å². The molecule has 0 unspecified atom stereocenters. The van der Waals surface area contributed by atoms with E-state index in [-0.39, 0.29) is 0 Å². The Morgan fingerprint density at radius 3 is 2.62 bits per heavy atom. The number of anilines is 1. The van der Waals surface area contributed by atoms with Gasteiger partial charge in [-0.3, -0.25) is 0 Å². The molecule has 1 aromatic heterocycles. The van der Waals surface area contributed by atoms with Gasteiger partial charge < -0.3 is 5.32 Å². The van der Waals surface area contributed by atoms with E-state index >= 15 is 0 Å². The molecule has 1 heterocycles. The quantitative estimate of drug-likeness (QED) is 0.855. The molecule has 4 heteroatoms. The highest BCUT2D eigenvalue weighted by atomic mass is 32.1. The average molecular weight is 239 g/mol. The van der Waals surface area contributed by atoms with Crippen LogP contribution in [0.1, 0.15) is 10.4 Å². The van der Waals surface area contributed by atoms with Gasteiger partial charge in [0.15, 0.2) is 11.6 Å². The van der Waals surface area contributed by atoms with Gasteiger partial charge in [-0.2, -0.15) is 0 Å². The summed E-state index contributed by atoms with van der Waals surface area (Å²) in [5.41, 5.74) is 1.80. The van der Waals surface area contributed by atoms with Gasteiger partial charge in [-0.1, -0.05) is 0 Å². The summed E-state index contributed by atoms with van der Waals surface area (Å²) < 4.78 is 25.6. The summed E-state index contributed by atoms with van der Waals surface area (Å²) in [6.45, 7) is 2.66. The second-order valence-corrected chi connectivity index (χ2v) is 4.51. The Labute approximate surface area is 96.7 Å². The Hall–Kier alpha value is -1.42. The van der Waals surface area contributed by atoms with Crippen molar-refractivity contribution in [3.8, 4) is 0 Å². The van der Waals surface area contributed by atoms with Crippen LogP contribution in [-0.2, 0) is 6.54 Å². The van der Waals surface area contributed by atoms with E-state index in [9.17, 15) is 8.78 Å². The summed E-state index contributed by atoms with van der Waals surface area (Å²) in [7, 11) is 0. The molecule has 84 valence electrons. The van der Waals surface area contributed by atoms with E-state index in [0.717, 1.165) is 12.1 Å². The predicted octanol–water partition coefficient (Wildman–Crippen LogP) is 3.95. The first-order valence-corrected chi connectivity index (χ1v) is 5.76. The zero-order valence-electron chi connectivity index (χ0n) is 8.76. The molecule has 0 fully saturated rings. The molecule has 2 aromatic rings. The van der Waals surface area contributed by atoms with E-state index in [1.54, 1.807) is 11.3 Å². The van der Waals surface area contributed by atoms with E-state index in [2.05, 4.69) is 5.32 Å². The highest BCUT2D eigenvalue weighted by molar-refractivity contribution is 7.10. The van der Waals surface area contributed by atoms with Crippen LogP contribution in [0.15, 0.2) is 29.6 Å². The summed E-state index contributed by atoms with van der Waals surface area (Å²) >= 11 is 1.65. The number of hydrogen-bond acceptors (Lipinski definition) is 2. The standard InChI is InChI=1S/C12H11F2NS/c1-8-4-5-16-12(8)7-15-9-2-3-10(13)11(14)6-9/h2-6,15H,7H2,1H3. The SMILES string of the molecule is Cc1ccsc1CNc1ccc(F)c(F)c1. The average Bonchev–Trinajstić information content (AvgIpc) is 2.66. The Kier molecular flexibility index (Phi) is 3.19. The van der Waals surface area contributed by atoms with Crippen LogP contribution in [0.3, 0.4) is 0 Å². The number of benzene rings is 1. The smallest absolute Gasteiger partial charge is 0.160 e. The van der Waals surface area contributed by atoms with Gasteiger partial charge in [0.25, 0.3) is 0 Å². The second-order valence-electron chi connectivity index (χ2n) is 3.51. The number of aryl methyl sites for hydroxylation is 1. The first-order valence-electron chi connectivity index (χ1n) is 4.88. The zero-order valence-corrected chi connectivity index (χ0v) is 9.57. The lowest BCUT2D eigenvalue weighted by Gasteiger charge is -2.06.